The quantitative estimate of drug-likeness (QED) is 0.198. The Kier molecular flexibility index (Phi) is 12.8. The van der Waals surface area contributed by atoms with Crippen molar-refractivity contribution in [3.05, 3.63) is 101 Å². The summed E-state index contributed by atoms with van der Waals surface area (Å²) in [6.45, 7) is 5.50. The van der Waals surface area contributed by atoms with Crippen LogP contribution in [0.5, 0.6) is 0 Å². The first-order valence-corrected chi connectivity index (χ1v) is 14.8. The van der Waals surface area contributed by atoms with Gasteiger partial charge in [-0.2, -0.15) is 0 Å². The first kappa shape index (κ1) is 35.7. The molecular formula is C31H34F2N2O8S. The normalized spacial score (nSPS) is 13.2. The molecule has 0 saturated carbocycles. The summed E-state index contributed by atoms with van der Waals surface area (Å²) >= 11 is 0. The van der Waals surface area contributed by atoms with Crippen LogP contribution in [0.4, 0.5) is 8.78 Å². The number of hydrogen-bond donors (Lipinski definition) is 3. The number of aliphatic carboxylic acids is 2. The minimum Gasteiger partial charge on any atom is -0.480 e. The second-order valence-corrected chi connectivity index (χ2v) is 12.1. The Morgan fingerprint density at radius 2 is 1.43 bits per heavy atom. The fourth-order valence-electron chi connectivity index (χ4n) is 4.20. The van der Waals surface area contributed by atoms with E-state index in [1.807, 2.05) is 13.8 Å². The summed E-state index contributed by atoms with van der Waals surface area (Å²) < 4.78 is 53.2. The zero-order valence-electron chi connectivity index (χ0n) is 24.3. The third-order valence-corrected chi connectivity index (χ3v) is 8.21. The molecule has 0 saturated heterocycles. The van der Waals surface area contributed by atoms with Gasteiger partial charge in [0, 0.05) is 12.0 Å². The Balaban J connectivity index is 0.000000402. The van der Waals surface area contributed by atoms with Crippen molar-refractivity contribution in [2.45, 2.75) is 56.5 Å². The van der Waals surface area contributed by atoms with E-state index in [-0.39, 0.29) is 29.9 Å². The minimum absolute atomic E-state index is 0.0101. The number of nitrogens with zero attached hydrogens (tertiary/aromatic N) is 1. The number of carboxylic acids is 2. The van der Waals surface area contributed by atoms with Gasteiger partial charge in [-0.15, -0.1) is 0 Å². The van der Waals surface area contributed by atoms with Crippen molar-refractivity contribution < 1.29 is 46.6 Å². The number of aryl methyl sites for hydroxylation is 1. The van der Waals surface area contributed by atoms with Gasteiger partial charge in [0.2, 0.25) is 0 Å². The van der Waals surface area contributed by atoms with E-state index >= 15 is 0 Å². The highest BCUT2D eigenvalue weighted by molar-refractivity contribution is 7.89. The zero-order chi connectivity index (χ0) is 33.2. The Morgan fingerprint density at radius 3 is 1.89 bits per heavy atom. The van der Waals surface area contributed by atoms with Gasteiger partial charge < -0.3 is 20.7 Å². The summed E-state index contributed by atoms with van der Waals surface area (Å²) in [5, 5.41) is 18.4. The molecule has 10 nitrogen and oxygen atoms in total. The van der Waals surface area contributed by atoms with E-state index in [9.17, 15) is 41.5 Å². The van der Waals surface area contributed by atoms with Crippen molar-refractivity contribution >= 4 is 34.2 Å². The number of halogens is 2. The molecule has 0 spiro atoms. The lowest BCUT2D eigenvalue weighted by atomic mass is 10.00. The van der Waals surface area contributed by atoms with Gasteiger partial charge in [-0.05, 0) is 49.1 Å². The third kappa shape index (κ3) is 9.25. The van der Waals surface area contributed by atoms with E-state index in [0.717, 1.165) is 23.8 Å². The lowest BCUT2D eigenvalue weighted by Gasteiger charge is -2.31. The molecule has 3 atom stereocenters. The van der Waals surface area contributed by atoms with Crippen molar-refractivity contribution in [3.8, 4) is 0 Å². The predicted molar refractivity (Wildman–Crippen MR) is 157 cm³/mol. The van der Waals surface area contributed by atoms with Crippen LogP contribution in [-0.2, 0) is 35.6 Å². The highest BCUT2D eigenvalue weighted by Crippen LogP contribution is 2.24. The molecule has 1 amide bonds. The first-order valence-electron chi connectivity index (χ1n) is 13.4. The monoisotopic (exact) mass is 632 g/mol. The maximum atomic E-state index is 13.4. The standard InChI is InChI=1S/C22H28N2O5S.C9H6F2O3/c1-15(2)13-19(23)21(25)24(30(28,29)18-11-9-16(3)10-12-18)20(22(26)27)14-17-7-5-4-6-8-17;10-6-2-1-3-7(11)8(6)5(4-12)9(13)14/h4-12,15,19-20H,13-14,23H2,1-3H3,(H,26,27);1-5H,(H,13,14)/t19-,20-;/m0./s1. The van der Waals surface area contributed by atoms with Crippen LogP contribution in [0, 0.1) is 24.5 Å². The molecule has 3 aromatic carbocycles. The van der Waals surface area contributed by atoms with Crippen LogP contribution in [0.3, 0.4) is 0 Å². The summed E-state index contributed by atoms with van der Waals surface area (Å²) in [5.74, 6) is -7.76. The van der Waals surface area contributed by atoms with Crippen LogP contribution in [-0.4, -0.2) is 59.2 Å². The van der Waals surface area contributed by atoms with Crippen molar-refractivity contribution in [3.63, 3.8) is 0 Å². The molecule has 0 aromatic heterocycles. The highest BCUT2D eigenvalue weighted by atomic mass is 32.2. The fourth-order valence-corrected chi connectivity index (χ4v) is 5.78. The molecule has 0 fully saturated rings. The summed E-state index contributed by atoms with van der Waals surface area (Å²) in [6.07, 6.45) is 0.0572. The van der Waals surface area contributed by atoms with Gasteiger partial charge in [0.25, 0.3) is 15.9 Å². The number of carbonyl (C=O) groups is 4. The third-order valence-electron chi connectivity index (χ3n) is 6.39. The molecule has 13 heteroatoms. The smallest absolute Gasteiger partial charge is 0.328 e. The highest BCUT2D eigenvalue weighted by Gasteiger charge is 2.41. The van der Waals surface area contributed by atoms with Crippen LogP contribution >= 0.6 is 0 Å². The fraction of sp³-hybridized carbons (Fsp3) is 0.290. The second-order valence-electron chi connectivity index (χ2n) is 10.3. The summed E-state index contributed by atoms with van der Waals surface area (Å²) in [4.78, 5) is 45.9. The lowest BCUT2D eigenvalue weighted by Crippen LogP contribution is -2.55. The molecule has 236 valence electrons. The molecule has 3 aromatic rings. The van der Waals surface area contributed by atoms with E-state index in [4.69, 9.17) is 10.8 Å². The molecule has 1 unspecified atom stereocenters. The Hall–Kier alpha value is -4.49. The summed E-state index contributed by atoms with van der Waals surface area (Å²) in [6, 6.07) is 14.6. The summed E-state index contributed by atoms with van der Waals surface area (Å²) in [5.41, 5.74) is 6.71. The molecule has 0 heterocycles. The topological polar surface area (TPSA) is 172 Å². The van der Waals surface area contributed by atoms with Crippen LogP contribution < -0.4 is 5.73 Å². The first-order chi connectivity index (χ1) is 20.6. The molecule has 44 heavy (non-hydrogen) atoms. The number of carbonyl (C=O) groups excluding carboxylic acids is 2. The molecule has 0 aliphatic carbocycles. The average Bonchev–Trinajstić information content (AvgIpc) is 2.95. The summed E-state index contributed by atoms with van der Waals surface area (Å²) in [7, 11) is -4.44. The number of amides is 1. The molecule has 0 aliphatic rings. The van der Waals surface area contributed by atoms with Crippen LogP contribution in [0.2, 0.25) is 0 Å². The van der Waals surface area contributed by atoms with Crippen LogP contribution in [0.1, 0.15) is 42.9 Å². The number of carboxylic acid groups (broad SMARTS) is 2. The number of hydrogen-bond acceptors (Lipinski definition) is 7. The molecule has 0 radical (unpaired) electrons. The van der Waals surface area contributed by atoms with Crippen molar-refractivity contribution in [1.82, 2.24) is 4.31 Å². The number of aldehydes is 1. The second kappa shape index (κ2) is 15.8. The number of nitrogens with two attached hydrogens (primary N) is 1. The maximum Gasteiger partial charge on any atom is 0.328 e. The SMILES string of the molecule is Cc1ccc(S(=O)(=O)N(C(=O)[C@@H](N)CC(C)C)[C@@H](Cc2ccccc2)C(=O)O)cc1.O=CC(C(=O)O)c1c(F)cccc1F. The number of rotatable bonds is 12. The van der Waals surface area contributed by atoms with Gasteiger partial charge in [0.05, 0.1) is 10.9 Å². The van der Waals surface area contributed by atoms with E-state index < -0.39 is 63.1 Å². The minimum atomic E-state index is -4.44. The number of sulfonamides is 1. The van der Waals surface area contributed by atoms with E-state index in [2.05, 4.69) is 0 Å². The largest absolute Gasteiger partial charge is 0.480 e. The predicted octanol–water partition coefficient (Wildman–Crippen LogP) is 3.91. The van der Waals surface area contributed by atoms with Gasteiger partial charge in [-0.25, -0.2) is 26.3 Å². The van der Waals surface area contributed by atoms with Crippen molar-refractivity contribution in [2.75, 3.05) is 0 Å². The van der Waals surface area contributed by atoms with Gasteiger partial charge in [0.15, 0.2) is 0 Å². The van der Waals surface area contributed by atoms with Crippen LogP contribution in [0.15, 0.2) is 77.7 Å². The van der Waals surface area contributed by atoms with Crippen molar-refractivity contribution in [2.24, 2.45) is 11.7 Å². The van der Waals surface area contributed by atoms with Gasteiger partial charge in [-0.3, -0.25) is 9.59 Å². The Bertz CT molecular complexity index is 1540. The maximum absolute atomic E-state index is 13.4. The number of benzene rings is 3. The lowest BCUT2D eigenvalue weighted by molar-refractivity contribution is -0.146. The van der Waals surface area contributed by atoms with Crippen LogP contribution in [0.25, 0.3) is 0 Å². The van der Waals surface area contributed by atoms with E-state index in [1.54, 1.807) is 49.4 Å². The Labute approximate surface area is 254 Å². The van der Waals surface area contributed by atoms with Crippen molar-refractivity contribution in [1.29, 1.82) is 0 Å². The molecule has 0 aliphatic heterocycles. The molecule has 3 rings (SSSR count). The van der Waals surface area contributed by atoms with Gasteiger partial charge in [0.1, 0.15) is 29.9 Å². The molecule has 4 N–H and O–H groups in total. The average molecular weight is 633 g/mol. The molecular weight excluding hydrogens is 598 g/mol. The Morgan fingerprint density at radius 1 is 0.886 bits per heavy atom. The molecule has 0 bridgehead atoms. The van der Waals surface area contributed by atoms with E-state index in [1.165, 1.54) is 12.1 Å². The van der Waals surface area contributed by atoms with Gasteiger partial charge in [-0.1, -0.05) is 67.9 Å². The van der Waals surface area contributed by atoms with Gasteiger partial charge >= 0.3 is 11.9 Å². The zero-order valence-corrected chi connectivity index (χ0v) is 25.1. The van der Waals surface area contributed by atoms with E-state index in [0.29, 0.717) is 9.87 Å².